The van der Waals surface area contributed by atoms with Crippen LogP contribution in [0.2, 0.25) is 0 Å². The maximum Gasteiger partial charge on any atom is 0.416 e. The highest BCUT2D eigenvalue weighted by Crippen LogP contribution is 2.34. The van der Waals surface area contributed by atoms with Crippen molar-refractivity contribution in [2.24, 2.45) is 5.84 Å². The van der Waals surface area contributed by atoms with Gasteiger partial charge in [0.1, 0.15) is 0 Å². The molecule has 0 aliphatic carbocycles. The summed E-state index contributed by atoms with van der Waals surface area (Å²) in [4.78, 5) is 0. The summed E-state index contributed by atoms with van der Waals surface area (Å²) in [5.74, 6) is 5.57. The Balaban J connectivity index is 3.07. The average molecular weight is 290 g/mol. The van der Waals surface area contributed by atoms with Crippen LogP contribution in [0, 0.1) is 0 Å². The highest BCUT2D eigenvalue weighted by Gasteiger charge is 2.35. The van der Waals surface area contributed by atoms with Gasteiger partial charge in [0, 0.05) is 6.61 Å². The smallest absolute Gasteiger partial charge is 0.374 e. The number of nitrogens with two attached hydrogens (primary N) is 1. The van der Waals surface area contributed by atoms with E-state index in [4.69, 9.17) is 10.6 Å². The Morgan fingerprint density at radius 1 is 1.20 bits per heavy atom. The summed E-state index contributed by atoms with van der Waals surface area (Å²) in [6.45, 7) is 6.21. The minimum atomic E-state index is -4.34. The lowest BCUT2D eigenvalue weighted by Crippen LogP contribution is -2.46. The first-order chi connectivity index (χ1) is 9.28. The average Bonchev–Trinajstić information content (AvgIpc) is 2.39. The van der Waals surface area contributed by atoms with Crippen molar-refractivity contribution in [3.8, 4) is 0 Å². The molecule has 0 radical (unpaired) electrons. The third-order valence-corrected chi connectivity index (χ3v) is 3.52. The summed E-state index contributed by atoms with van der Waals surface area (Å²) in [5.41, 5.74) is 2.06. The summed E-state index contributed by atoms with van der Waals surface area (Å²) in [7, 11) is 0. The van der Waals surface area contributed by atoms with Gasteiger partial charge < -0.3 is 4.74 Å². The van der Waals surface area contributed by atoms with Crippen LogP contribution in [0.5, 0.6) is 0 Å². The van der Waals surface area contributed by atoms with Crippen molar-refractivity contribution in [2.45, 2.75) is 45.0 Å². The first kappa shape index (κ1) is 16.9. The lowest BCUT2D eigenvalue weighted by atomic mass is 9.87. The molecule has 0 saturated carbocycles. The van der Waals surface area contributed by atoms with E-state index in [0.29, 0.717) is 18.6 Å². The molecule has 0 fully saturated rings. The predicted octanol–water partition coefficient (Wildman–Crippen LogP) is 3.42. The molecule has 1 rings (SSSR count). The van der Waals surface area contributed by atoms with Gasteiger partial charge in [-0.15, -0.1) is 0 Å². The maximum atomic E-state index is 12.6. The Morgan fingerprint density at radius 2 is 1.75 bits per heavy atom. The number of hydrazine groups is 1. The van der Waals surface area contributed by atoms with Crippen LogP contribution >= 0.6 is 0 Å². The largest absolute Gasteiger partial charge is 0.416 e. The molecule has 3 N–H and O–H groups in total. The van der Waals surface area contributed by atoms with Crippen LogP contribution < -0.4 is 11.3 Å². The summed E-state index contributed by atoms with van der Waals surface area (Å²) < 4.78 is 43.4. The number of halogens is 3. The van der Waals surface area contributed by atoms with Gasteiger partial charge in [-0.2, -0.15) is 13.2 Å². The standard InChI is InChI=1S/C14H21F3N2O/c1-4-13(3,20-5-2)12(19-18)10-6-8-11(9-7-10)14(15,16)17/h6-9,12,19H,4-5,18H2,1-3H3. The molecule has 0 bridgehead atoms. The van der Waals surface area contributed by atoms with Crippen molar-refractivity contribution in [2.75, 3.05) is 6.61 Å². The molecular formula is C14H21F3N2O. The van der Waals surface area contributed by atoms with Gasteiger partial charge in [0.15, 0.2) is 0 Å². The molecule has 1 aromatic carbocycles. The van der Waals surface area contributed by atoms with E-state index in [1.54, 1.807) is 0 Å². The molecule has 114 valence electrons. The fourth-order valence-corrected chi connectivity index (χ4v) is 2.21. The van der Waals surface area contributed by atoms with Crippen molar-refractivity contribution < 1.29 is 17.9 Å². The van der Waals surface area contributed by atoms with Crippen LogP contribution in [0.3, 0.4) is 0 Å². The van der Waals surface area contributed by atoms with Crippen LogP contribution in [-0.2, 0) is 10.9 Å². The van der Waals surface area contributed by atoms with Gasteiger partial charge in [-0.1, -0.05) is 19.1 Å². The molecule has 0 saturated heterocycles. The molecule has 0 heterocycles. The summed E-state index contributed by atoms with van der Waals surface area (Å²) >= 11 is 0. The van der Waals surface area contributed by atoms with E-state index in [9.17, 15) is 13.2 Å². The molecule has 3 nitrogen and oxygen atoms in total. The molecule has 2 unspecified atom stereocenters. The lowest BCUT2D eigenvalue weighted by molar-refractivity contribution is -0.137. The van der Waals surface area contributed by atoms with E-state index < -0.39 is 17.3 Å². The van der Waals surface area contributed by atoms with Gasteiger partial charge in [0.05, 0.1) is 17.2 Å². The monoisotopic (exact) mass is 290 g/mol. The van der Waals surface area contributed by atoms with Gasteiger partial charge in [0.2, 0.25) is 0 Å². The van der Waals surface area contributed by atoms with Crippen molar-refractivity contribution in [1.82, 2.24) is 5.43 Å². The van der Waals surface area contributed by atoms with E-state index in [-0.39, 0.29) is 6.04 Å². The zero-order valence-electron chi connectivity index (χ0n) is 11.9. The predicted molar refractivity (Wildman–Crippen MR) is 71.8 cm³/mol. The van der Waals surface area contributed by atoms with E-state index in [1.165, 1.54) is 12.1 Å². The molecule has 6 heteroatoms. The quantitative estimate of drug-likeness (QED) is 0.623. The molecule has 0 aliphatic heterocycles. The van der Waals surface area contributed by atoms with Crippen LogP contribution in [0.1, 0.15) is 44.4 Å². The Labute approximate surface area is 117 Å². The number of rotatable bonds is 6. The van der Waals surface area contributed by atoms with Gasteiger partial charge in [-0.25, -0.2) is 0 Å². The second kappa shape index (κ2) is 6.56. The zero-order chi connectivity index (χ0) is 15.4. The van der Waals surface area contributed by atoms with Gasteiger partial charge in [-0.3, -0.25) is 11.3 Å². The first-order valence-corrected chi connectivity index (χ1v) is 6.55. The SMILES string of the molecule is CCOC(C)(CC)C(NN)c1ccc(C(F)(F)F)cc1. The topological polar surface area (TPSA) is 47.3 Å². The summed E-state index contributed by atoms with van der Waals surface area (Å²) in [5, 5.41) is 0. The van der Waals surface area contributed by atoms with Crippen molar-refractivity contribution in [1.29, 1.82) is 0 Å². The molecular weight excluding hydrogens is 269 g/mol. The second-order valence-electron chi connectivity index (χ2n) is 4.82. The van der Waals surface area contributed by atoms with Gasteiger partial charge >= 0.3 is 6.18 Å². The number of benzene rings is 1. The minimum absolute atomic E-state index is 0.380. The van der Waals surface area contributed by atoms with Gasteiger partial charge in [0.25, 0.3) is 0 Å². The van der Waals surface area contributed by atoms with E-state index in [2.05, 4.69) is 5.43 Å². The maximum absolute atomic E-state index is 12.6. The lowest BCUT2D eigenvalue weighted by Gasteiger charge is -2.36. The fraction of sp³-hybridized carbons (Fsp3) is 0.571. The Hall–Kier alpha value is -1.11. The van der Waals surface area contributed by atoms with E-state index in [0.717, 1.165) is 12.1 Å². The normalized spacial score (nSPS) is 16.8. The first-order valence-electron chi connectivity index (χ1n) is 6.55. The summed E-state index contributed by atoms with van der Waals surface area (Å²) in [6.07, 6.45) is -3.66. The van der Waals surface area contributed by atoms with Crippen molar-refractivity contribution in [3.63, 3.8) is 0 Å². The molecule has 0 spiro atoms. The van der Waals surface area contributed by atoms with Crippen molar-refractivity contribution in [3.05, 3.63) is 35.4 Å². The third kappa shape index (κ3) is 3.71. The highest BCUT2D eigenvalue weighted by atomic mass is 19.4. The molecule has 2 atom stereocenters. The van der Waals surface area contributed by atoms with Crippen LogP contribution in [-0.4, -0.2) is 12.2 Å². The minimum Gasteiger partial charge on any atom is -0.374 e. The van der Waals surface area contributed by atoms with Crippen molar-refractivity contribution >= 4 is 0 Å². The Morgan fingerprint density at radius 3 is 2.10 bits per heavy atom. The second-order valence-corrected chi connectivity index (χ2v) is 4.82. The number of alkyl halides is 3. The van der Waals surface area contributed by atoms with Crippen LogP contribution in [0.15, 0.2) is 24.3 Å². The van der Waals surface area contributed by atoms with Gasteiger partial charge in [-0.05, 0) is 38.0 Å². The molecule has 0 aromatic heterocycles. The number of hydrogen-bond donors (Lipinski definition) is 2. The van der Waals surface area contributed by atoms with E-state index in [1.807, 2.05) is 20.8 Å². The molecule has 20 heavy (non-hydrogen) atoms. The zero-order valence-corrected chi connectivity index (χ0v) is 11.9. The highest BCUT2D eigenvalue weighted by molar-refractivity contribution is 5.28. The summed E-state index contributed by atoms with van der Waals surface area (Å²) in [6, 6.07) is 4.60. The van der Waals surface area contributed by atoms with Crippen LogP contribution in [0.25, 0.3) is 0 Å². The fourth-order valence-electron chi connectivity index (χ4n) is 2.21. The number of ether oxygens (including phenoxy) is 1. The third-order valence-electron chi connectivity index (χ3n) is 3.52. The Kier molecular flexibility index (Phi) is 5.56. The molecule has 0 aliphatic rings. The molecule has 0 amide bonds. The Bertz CT molecular complexity index is 419. The molecule has 1 aromatic rings. The number of nitrogens with one attached hydrogen (secondary N) is 1. The van der Waals surface area contributed by atoms with E-state index >= 15 is 0 Å². The number of hydrogen-bond acceptors (Lipinski definition) is 3. The van der Waals surface area contributed by atoms with Crippen LogP contribution in [0.4, 0.5) is 13.2 Å².